The molecule has 31 heavy (non-hydrogen) atoms. The van der Waals surface area contributed by atoms with E-state index in [-0.39, 0.29) is 5.69 Å². The summed E-state index contributed by atoms with van der Waals surface area (Å²) in [5, 5.41) is 0. The standard InChI is InChI=1S/C23H27NO7/c1-7-30-17-10-8-16(12-18(17)28-5)9-11-19(25)31-15(4)22(26)21-13(2)20(14(3)24-21)23(27)29-6/h8-12,15,24H,7H2,1-6H3/b11-9+. The van der Waals surface area contributed by atoms with Crippen LogP contribution in [0.5, 0.6) is 11.5 Å². The summed E-state index contributed by atoms with van der Waals surface area (Å²) >= 11 is 0. The normalized spacial score (nSPS) is 11.8. The van der Waals surface area contributed by atoms with Gasteiger partial charge in [0.15, 0.2) is 17.6 Å². The van der Waals surface area contributed by atoms with E-state index >= 15 is 0 Å². The van der Waals surface area contributed by atoms with Crippen LogP contribution in [0.2, 0.25) is 0 Å². The van der Waals surface area contributed by atoms with Crippen molar-refractivity contribution in [1.82, 2.24) is 4.98 Å². The first-order valence-corrected chi connectivity index (χ1v) is 9.74. The molecule has 1 atom stereocenters. The average Bonchev–Trinajstić information content (AvgIpc) is 3.05. The van der Waals surface area contributed by atoms with Crippen LogP contribution in [-0.4, -0.2) is 49.6 Å². The van der Waals surface area contributed by atoms with Crippen LogP contribution < -0.4 is 9.47 Å². The third-order valence-electron chi connectivity index (χ3n) is 4.63. The minimum absolute atomic E-state index is 0.207. The largest absolute Gasteiger partial charge is 0.493 e. The maximum atomic E-state index is 12.7. The second-order valence-electron chi connectivity index (χ2n) is 6.74. The fraction of sp³-hybridized carbons (Fsp3) is 0.348. The van der Waals surface area contributed by atoms with E-state index in [0.29, 0.717) is 40.5 Å². The predicted molar refractivity (Wildman–Crippen MR) is 115 cm³/mol. The van der Waals surface area contributed by atoms with E-state index in [0.717, 1.165) is 0 Å². The number of carbonyl (C=O) groups is 3. The van der Waals surface area contributed by atoms with Gasteiger partial charge >= 0.3 is 11.9 Å². The summed E-state index contributed by atoms with van der Waals surface area (Å²) in [6, 6.07) is 5.24. The molecule has 0 aliphatic rings. The molecular formula is C23H27NO7. The third kappa shape index (κ3) is 5.53. The van der Waals surface area contributed by atoms with Gasteiger partial charge in [-0.15, -0.1) is 0 Å². The van der Waals surface area contributed by atoms with Crippen molar-refractivity contribution in [2.75, 3.05) is 20.8 Å². The van der Waals surface area contributed by atoms with E-state index < -0.39 is 23.8 Å². The second kappa shape index (κ2) is 10.5. The van der Waals surface area contributed by atoms with Gasteiger partial charge in [-0.3, -0.25) is 4.79 Å². The van der Waals surface area contributed by atoms with E-state index in [1.165, 1.54) is 27.2 Å². The molecular weight excluding hydrogens is 402 g/mol. The van der Waals surface area contributed by atoms with Crippen LogP contribution in [0.3, 0.4) is 0 Å². The SMILES string of the molecule is CCOc1ccc(/C=C/C(=O)OC(C)C(=O)c2[nH]c(C)c(C(=O)OC)c2C)cc1OC. The summed E-state index contributed by atoms with van der Waals surface area (Å²) in [5.41, 5.74) is 2.17. The zero-order valence-electron chi connectivity index (χ0n) is 18.5. The lowest BCUT2D eigenvalue weighted by Crippen LogP contribution is -2.24. The number of Topliss-reactive ketones (excluding diaryl/α,β-unsaturated/α-hetero) is 1. The number of carbonyl (C=O) groups excluding carboxylic acids is 3. The van der Waals surface area contributed by atoms with Crippen molar-refractivity contribution in [3.63, 3.8) is 0 Å². The van der Waals surface area contributed by atoms with Crippen molar-refractivity contribution in [3.8, 4) is 11.5 Å². The lowest BCUT2D eigenvalue weighted by atomic mass is 10.1. The molecule has 2 aromatic rings. The van der Waals surface area contributed by atoms with Crippen LogP contribution in [0, 0.1) is 13.8 Å². The number of ether oxygens (including phenoxy) is 4. The highest BCUT2D eigenvalue weighted by Gasteiger charge is 2.27. The molecule has 0 fully saturated rings. The van der Waals surface area contributed by atoms with E-state index in [1.54, 1.807) is 38.1 Å². The highest BCUT2D eigenvalue weighted by molar-refractivity contribution is 6.04. The molecule has 0 amide bonds. The number of aromatic nitrogens is 1. The quantitative estimate of drug-likeness (QED) is 0.369. The van der Waals surface area contributed by atoms with Crippen LogP contribution in [0.25, 0.3) is 6.08 Å². The molecule has 1 aromatic heterocycles. The van der Waals surface area contributed by atoms with Crippen molar-refractivity contribution in [2.24, 2.45) is 0 Å². The zero-order chi connectivity index (χ0) is 23.1. The molecule has 1 heterocycles. The molecule has 0 radical (unpaired) electrons. The van der Waals surface area contributed by atoms with Gasteiger partial charge in [0, 0.05) is 11.8 Å². The van der Waals surface area contributed by atoms with Gasteiger partial charge in [0.05, 0.1) is 32.1 Å². The Balaban J connectivity index is 2.09. The number of H-pyrrole nitrogens is 1. The van der Waals surface area contributed by atoms with Gasteiger partial charge in [0.2, 0.25) is 5.78 Å². The Labute approximate surface area is 181 Å². The second-order valence-corrected chi connectivity index (χ2v) is 6.74. The Kier molecular flexibility index (Phi) is 8.01. The third-order valence-corrected chi connectivity index (χ3v) is 4.63. The number of aromatic amines is 1. The number of rotatable bonds is 9. The van der Waals surface area contributed by atoms with Gasteiger partial charge in [-0.2, -0.15) is 0 Å². The molecule has 0 spiro atoms. The van der Waals surface area contributed by atoms with Crippen molar-refractivity contribution in [2.45, 2.75) is 33.8 Å². The first-order chi connectivity index (χ1) is 14.7. The maximum Gasteiger partial charge on any atom is 0.339 e. The number of hydrogen-bond acceptors (Lipinski definition) is 7. The number of esters is 2. The number of ketones is 1. The van der Waals surface area contributed by atoms with Gasteiger partial charge in [0.1, 0.15) is 0 Å². The number of hydrogen-bond donors (Lipinski definition) is 1. The number of aryl methyl sites for hydroxylation is 1. The summed E-state index contributed by atoms with van der Waals surface area (Å²) in [6.07, 6.45) is 1.73. The minimum atomic E-state index is -1.05. The van der Waals surface area contributed by atoms with Crippen LogP contribution in [0.15, 0.2) is 24.3 Å². The smallest absolute Gasteiger partial charge is 0.339 e. The highest BCUT2D eigenvalue weighted by Crippen LogP contribution is 2.28. The summed E-state index contributed by atoms with van der Waals surface area (Å²) in [5.74, 6) is -0.515. The Morgan fingerprint density at radius 2 is 1.84 bits per heavy atom. The molecule has 0 saturated heterocycles. The van der Waals surface area contributed by atoms with Gasteiger partial charge in [0.25, 0.3) is 0 Å². The molecule has 8 heteroatoms. The molecule has 1 aromatic carbocycles. The number of nitrogens with one attached hydrogen (secondary N) is 1. The van der Waals surface area contributed by atoms with Gasteiger partial charge in [-0.25, -0.2) is 9.59 Å². The van der Waals surface area contributed by atoms with Crippen LogP contribution >= 0.6 is 0 Å². The van der Waals surface area contributed by atoms with Crippen molar-refractivity contribution < 1.29 is 33.3 Å². The fourth-order valence-corrected chi connectivity index (χ4v) is 3.10. The molecule has 1 N–H and O–H groups in total. The van der Waals surface area contributed by atoms with Crippen molar-refractivity contribution in [3.05, 3.63) is 52.4 Å². The van der Waals surface area contributed by atoms with Crippen molar-refractivity contribution in [1.29, 1.82) is 0 Å². The summed E-state index contributed by atoms with van der Waals surface area (Å²) < 4.78 is 20.7. The number of benzene rings is 1. The summed E-state index contributed by atoms with van der Waals surface area (Å²) in [7, 11) is 2.80. The first-order valence-electron chi connectivity index (χ1n) is 9.74. The Morgan fingerprint density at radius 1 is 1.13 bits per heavy atom. The number of methoxy groups -OCH3 is 2. The van der Waals surface area contributed by atoms with E-state index in [4.69, 9.17) is 18.9 Å². The van der Waals surface area contributed by atoms with Crippen LogP contribution in [-0.2, 0) is 14.3 Å². The maximum absolute atomic E-state index is 12.7. The van der Waals surface area contributed by atoms with Crippen LogP contribution in [0.4, 0.5) is 0 Å². The minimum Gasteiger partial charge on any atom is -0.493 e. The monoisotopic (exact) mass is 429 g/mol. The highest BCUT2D eigenvalue weighted by atomic mass is 16.5. The molecule has 166 valence electrons. The Bertz CT molecular complexity index is 1000. The fourth-order valence-electron chi connectivity index (χ4n) is 3.10. The first kappa shape index (κ1) is 23.7. The summed E-state index contributed by atoms with van der Waals surface area (Å²) in [4.78, 5) is 39.7. The van der Waals surface area contributed by atoms with Gasteiger partial charge < -0.3 is 23.9 Å². The van der Waals surface area contributed by atoms with E-state index in [2.05, 4.69) is 4.98 Å². The van der Waals surface area contributed by atoms with Crippen molar-refractivity contribution >= 4 is 23.8 Å². The lowest BCUT2D eigenvalue weighted by Gasteiger charge is -2.11. The Morgan fingerprint density at radius 3 is 2.45 bits per heavy atom. The average molecular weight is 429 g/mol. The van der Waals surface area contributed by atoms with E-state index in [1.807, 2.05) is 6.92 Å². The topological polar surface area (TPSA) is 104 Å². The molecule has 0 aliphatic carbocycles. The lowest BCUT2D eigenvalue weighted by molar-refractivity contribution is -0.140. The molecule has 2 rings (SSSR count). The van der Waals surface area contributed by atoms with E-state index in [9.17, 15) is 14.4 Å². The van der Waals surface area contributed by atoms with Crippen LogP contribution in [0.1, 0.15) is 51.5 Å². The molecule has 0 bridgehead atoms. The Hall–Kier alpha value is -3.55. The molecule has 8 nitrogen and oxygen atoms in total. The molecule has 0 saturated carbocycles. The van der Waals surface area contributed by atoms with Gasteiger partial charge in [-0.05, 0) is 57.0 Å². The summed E-state index contributed by atoms with van der Waals surface area (Å²) in [6.45, 7) is 7.15. The molecule has 0 aliphatic heterocycles. The predicted octanol–water partition coefficient (Wildman–Crippen LogP) is 3.65. The zero-order valence-corrected chi connectivity index (χ0v) is 18.5. The van der Waals surface area contributed by atoms with Gasteiger partial charge in [-0.1, -0.05) is 6.07 Å². The molecule has 1 unspecified atom stereocenters.